The third kappa shape index (κ3) is 5.28. The Morgan fingerprint density at radius 1 is 1.68 bits per heavy atom. The fourth-order valence-corrected chi connectivity index (χ4v) is 3.14. The van der Waals surface area contributed by atoms with E-state index in [0.717, 1.165) is 36.7 Å². The minimum absolute atomic E-state index is 0.145. The van der Waals surface area contributed by atoms with E-state index in [0.29, 0.717) is 12.5 Å². The Kier molecular flexibility index (Phi) is 5.79. The average molecular weight is 282 g/mol. The van der Waals surface area contributed by atoms with Gasteiger partial charge in [0.15, 0.2) is 0 Å². The Hall–Kier alpha value is -0.940. The van der Waals surface area contributed by atoms with E-state index in [2.05, 4.69) is 10.6 Å². The predicted octanol–water partition coefficient (Wildman–Crippen LogP) is 1.81. The summed E-state index contributed by atoms with van der Waals surface area (Å²) in [4.78, 5) is 11.9. The monoisotopic (exact) mass is 282 g/mol. The van der Waals surface area contributed by atoms with E-state index in [4.69, 9.17) is 4.42 Å². The third-order valence-corrected chi connectivity index (χ3v) is 4.37. The van der Waals surface area contributed by atoms with Crippen molar-refractivity contribution in [2.75, 3.05) is 18.1 Å². The first-order chi connectivity index (χ1) is 9.24. The van der Waals surface area contributed by atoms with Crippen LogP contribution in [0.2, 0.25) is 0 Å². The van der Waals surface area contributed by atoms with Gasteiger partial charge in [0.2, 0.25) is 5.91 Å². The van der Waals surface area contributed by atoms with E-state index in [1.54, 1.807) is 6.26 Å². The molecule has 1 saturated heterocycles. The van der Waals surface area contributed by atoms with Gasteiger partial charge >= 0.3 is 0 Å². The third-order valence-electron chi connectivity index (χ3n) is 3.24. The Bertz CT molecular complexity index is 375. The largest absolute Gasteiger partial charge is 0.469 e. The molecular formula is C14H22N2O2S. The van der Waals surface area contributed by atoms with Gasteiger partial charge in [0.25, 0.3) is 0 Å². The molecule has 1 amide bonds. The van der Waals surface area contributed by atoms with Crippen LogP contribution in [0.5, 0.6) is 0 Å². The highest BCUT2D eigenvalue weighted by molar-refractivity contribution is 7.99. The highest BCUT2D eigenvalue weighted by Gasteiger charge is 2.17. The molecule has 0 bridgehead atoms. The summed E-state index contributed by atoms with van der Waals surface area (Å²) in [6, 6.07) is 4.38. The van der Waals surface area contributed by atoms with E-state index in [1.165, 1.54) is 0 Å². The summed E-state index contributed by atoms with van der Waals surface area (Å²) < 4.78 is 5.28. The lowest BCUT2D eigenvalue weighted by Crippen LogP contribution is -2.43. The number of amides is 1. The number of rotatable bonds is 6. The molecule has 0 radical (unpaired) electrons. The summed E-state index contributed by atoms with van der Waals surface area (Å²) in [5.41, 5.74) is 0. The summed E-state index contributed by atoms with van der Waals surface area (Å²) in [5.74, 6) is 3.31. The number of furan rings is 1. The van der Waals surface area contributed by atoms with Crippen molar-refractivity contribution in [2.24, 2.45) is 0 Å². The van der Waals surface area contributed by atoms with Crippen LogP contribution < -0.4 is 10.6 Å². The first-order valence-electron chi connectivity index (χ1n) is 6.87. The first-order valence-corrected chi connectivity index (χ1v) is 8.02. The number of hydrogen-bond acceptors (Lipinski definition) is 4. The van der Waals surface area contributed by atoms with Crippen molar-refractivity contribution in [3.05, 3.63) is 24.2 Å². The van der Waals surface area contributed by atoms with Gasteiger partial charge in [0.1, 0.15) is 5.76 Å². The zero-order valence-corrected chi connectivity index (χ0v) is 12.2. The Balaban J connectivity index is 1.63. The van der Waals surface area contributed by atoms with Crippen LogP contribution in [-0.2, 0) is 11.2 Å². The van der Waals surface area contributed by atoms with Crippen molar-refractivity contribution in [3.8, 4) is 0 Å². The van der Waals surface area contributed by atoms with Crippen LogP contribution in [0.4, 0.5) is 0 Å². The molecule has 0 spiro atoms. The van der Waals surface area contributed by atoms with Crippen molar-refractivity contribution in [1.82, 2.24) is 10.6 Å². The van der Waals surface area contributed by atoms with Gasteiger partial charge in [0.05, 0.1) is 6.26 Å². The van der Waals surface area contributed by atoms with E-state index in [1.807, 2.05) is 30.8 Å². The number of nitrogens with one attached hydrogen (secondary N) is 2. The van der Waals surface area contributed by atoms with Crippen molar-refractivity contribution >= 4 is 17.7 Å². The lowest BCUT2D eigenvalue weighted by molar-refractivity contribution is -0.122. The highest BCUT2D eigenvalue weighted by atomic mass is 32.2. The second kappa shape index (κ2) is 7.60. The maximum absolute atomic E-state index is 11.9. The molecule has 0 saturated carbocycles. The molecular weight excluding hydrogens is 260 g/mol. The number of thioether (sulfide) groups is 1. The van der Waals surface area contributed by atoms with E-state index in [9.17, 15) is 4.79 Å². The molecule has 1 aromatic rings. The molecule has 2 atom stereocenters. The van der Waals surface area contributed by atoms with Gasteiger partial charge in [0, 0.05) is 43.0 Å². The molecule has 4 nitrogen and oxygen atoms in total. The smallest absolute Gasteiger partial charge is 0.221 e. The number of carbonyl (C=O) groups is 1. The Morgan fingerprint density at radius 2 is 2.58 bits per heavy atom. The van der Waals surface area contributed by atoms with Crippen LogP contribution in [0.15, 0.2) is 22.8 Å². The molecule has 19 heavy (non-hydrogen) atoms. The van der Waals surface area contributed by atoms with Crippen LogP contribution in [-0.4, -0.2) is 36.0 Å². The van der Waals surface area contributed by atoms with Crippen molar-refractivity contribution < 1.29 is 9.21 Å². The molecule has 1 aromatic heterocycles. The molecule has 1 aliphatic rings. The SMILES string of the molecule is CC(CCc1ccco1)NC(=O)CC1CSCCN1. The zero-order valence-electron chi connectivity index (χ0n) is 11.4. The molecule has 2 rings (SSSR count). The number of hydrogen-bond donors (Lipinski definition) is 2. The van der Waals surface area contributed by atoms with Crippen LogP contribution in [0.3, 0.4) is 0 Å². The van der Waals surface area contributed by atoms with Crippen LogP contribution in [0.1, 0.15) is 25.5 Å². The van der Waals surface area contributed by atoms with Crippen molar-refractivity contribution in [3.63, 3.8) is 0 Å². The van der Waals surface area contributed by atoms with Crippen LogP contribution in [0, 0.1) is 0 Å². The van der Waals surface area contributed by atoms with E-state index in [-0.39, 0.29) is 11.9 Å². The van der Waals surface area contributed by atoms with Gasteiger partial charge < -0.3 is 15.1 Å². The molecule has 5 heteroatoms. The maximum atomic E-state index is 11.9. The fraction of sp³-hybridized carbons (Fsp3) is 0.643. The lowest BCUT2D eigenvalue weighted by Gasteiger charge is -2.23. The lowest BCUT2D eigenvalue weighted by atomic mass is 10.1. The minimum Gasteiger partial charge on any atom is -0.469 e. The first kappa shape index (κ1) is 14.5. The summed E-state index contributed by atoms with van der Waals surface area (Å²) >= 11 is 1.92. The summed E-state index contributed by atoms with van der Waals surface area (Å²) in [7, 11) is 0. The molecule has 0 aromatic carbocycles. The summed E-state index contributed by atoms with van der Waals surface area (Å²) in [6.07, 6.45) is 4.04. The number of aryl methyl sites for hydroxylation is 1. The Labute approximate surface area is 118 Å². The fourth-order valence-electron chi connectivity index (χ4n) is 2.19. The van der Waals surface area contributed by atoms with Gasteiger partial charge in [-0.2, -0.15) is 11.8 Å². The predicted molar refractivity (Wildman–Crippen MR) is 78.4 cm³/mol. The van der Waals surface area contributed by atoms with Crippen molar-refractivity contribution in [1.29, 1.82) is 0 Å². The molecule has 2 unspecified atom stereocenters. The average Bonchev–Trinajstić information content (AvgIpc) is 2.90. The molecule has 2 heterocycles. The molecule has 2 N–H and O–H groups in total. The maximum Gasteiger partial charge on any atom is 0.221 e. The van der Waals surface area contributed by atoms with Gasteiger partial charge in [-0.1, -0.05) is 0 Å². The standard InChI is InChI=1S/C14H22N2O2S/c1-11(4-5-13-3-2-7-18-13)16-14(17)9-12-10-19-8-6-15-12/h2-3,7,11-12,15H,4-6,8-10H2,1H3,(H,16,17). The molecule has 106 valence electrons. The van der Waals surface area contributed by atoms with Gasteiger partial charge in [-0.15, -0.1) is 0 Å². The van der Waals surface area contributed by atoms with Gasteiger partial charge in [-0.05, 0) is 25.5 Å². The Morgan fingerprint density at radius 3 is 3.26 bits per heavy atom. The molecule has 1 aliphatic heterocycles. The van der Waals surface area contributed by atoms with Crippen molar-refractivity contribution in [2.45, 2.75) is 38.3 Å². The minimum atomic E-state index is 0.145. The number of carbonyl (C=O) groups excluding carboxylic acids is 1. The van der Waals surface area contributed by atoms with Gasteiger partial charge in [-0.25, -0.2) is 0 Å². The summed E-state index contributed by atoms with van der Waals surface area (Å²) in [6.45, 7) is 3.06. The second-order valence-electron chi connectivity index (χ2n) is 5.02. The molecule has 1 fully saturated rings. The van der Waals surface area contributed by atoms with Crippen LogP contribution >= 0.6 is 11.8 Å². The normalized spacial score (nSPS) is 21.0. The topological polar surface area (TPSA) is 54.3 Å². The highest BCUT2D eigenvalue weighted by Crippen LogP contribution is 2.10. The van der Waals surface area contributed by atoms with E-state index >= 15 is 0 Å². The quantitative estimate of drug-likeness (QED) is 0.835. The second-order valence-corrected chi connectivity index (χ2v) is 6.17. The van der Waals surface area contributed by atoms with E-state index < -0.39 is 0 Å². The van der Waals surface area contributed by atoms with Gasteiger partial charge in [-0.3, -0.25) is 4.79 Å². The van der Waals surface area contributed by atoms with Crippen LogP contribution in [0.25, 0.3) is 0 Å². The molecule has 0 aliphatic carbocycles. The summed E-state index contributed by atoms with van der Waals surface area (Å²) in [5, 5.41) is 6.44. The zero-order chi connectivity index (χ0) is 13.5.